The van der Waals surface area contributed by atoms with Gasteiger partial charge >= 0.3 is 0 Å². The van der Waals surface area contributed by atoms with Crippen LogP contribution in [0.1, 0.15) is 36.9 Å². The molecular formula is C15H22N2O2. The molecule has 1 aliphatic carbocycles. The summed E-state index contributed by atoms with van der Waals surface area (Å²) in [5.74, 6) is 0.219. The van der Waals surface area contributed by atoms with Crippen molar-refractivity contribution in [2.24, 2.45) is 11.7 Å². The van der Waals surface area contributed by atoms with Crippen molar-refractivity contribution in [3.8, 4) is 5.75 Å². The molecular weight excluding hydrogens is 240 g/mol. The average molecular weight is 262 g/mol. The van der Waals surface area contributed by atoms with Crippen LogP contribution in [0.2, 0.25) is 0 Å². The van der Waals surface area contributed by atoms with Crippen LogP contribution >= 0.6 is 0 Å². The monoisotopic (exact) mass is 262 g/mol. The molecule has 0 fully saturated rings. The summed E-state index contributed by atoms with van der Waals surface area (Å²) < 4.78 is 5.66. The molecule has 2 atom stereocenters. The third kappa shape index (κ3) is 3.26. The topological polar surface area (TPSA) is 64.3 Å². The van der Waals surface area contributed by atoms with Gasteiger partial charge in [-0.2, -0.15) is 0 Å². The number of nitrogens with one attached hydrogen (secondary N) is 1. The number of carbonyl (C=O) groups excluding carboxylic acids is 1. The van der Waals surface area contributed by atoms with E-state index in [1.54, 1.807) is 6.92 Å². The fraction of sp³-hybridized carbons (Fsp3) is 0.533. The van der Waals surface area contributed by atoms with Gasteiger partial charge in [0.2, 0.25) is 5.91 Å². The second-order valence-corrected chi connectivity index (χ2v) is 5.21. The number of hydrogen-bond acceptors (Lipinski definition) is 3. The summed E-state index contributed by atoms with van der Waals surface area (Å²) in [6, 6.07) is 6.60. The minimum absolute atomic E-state index is 0.267. The van der Waals surface area contributed by atoms with Gasteiger partial charge in [-0.1, -0.05) is 13.0 Å². The van der Waals surface area contributed by atoms with E-state index in [9.17, 15) is 4.79 Å². The summed E-state index contributed by atoms with van der Waals surface area (Å²) in [5, 5.41) is 3.34. The molecule has 0 radical (unpaired) electrons. The lowest BCUT2D eigenvalue weighted by molar-refractivity contribution is -0.122. The number of aryl methyl sites for hydroxylation is 1. The van der Waals surface area contributed by atoms with Crippen molar-refractivity contribution >= 4 is 5.91 Å². The predicted molar refractivity (Wildman–Crippen MR) is 75.0 cm³/mol. The van der Waals surface area contributed by atoms with Crippen LogP contribution in [-0.2, 0) is 11.2 Å². The van der Waals surface area contributed by atoms with Gasteiger partial charge in [-0.05, 0) is 49.6 Å². The first kappa shape index (κ1) is 13.9. The maximum atomic E-state index is 11.0. The fourth-order valence-corrected chi connectivity index (χ4v) is 2.47. The van der Waals surface area contributed by atoms with Gasteiger partial charge in [0.25, 0.3) is 0 Å². The van der Waals surface area contributed by atoms with Crippen molar-refractivity contribution < 1.29 is 9.53 Å². The third-order valence-corrected chi connectivity index (χ3v) is 3.77. The van der Waals surface area contributed by atoms with E-state index in [2.05, 4.69) is 17.4 Å². The van der Waals surface area contributed by atoms with Gasteiger partial charge in [0.15, 0.2) is 0 Å². The molecule has 19 heavy (non-hydrogen) atoms. The largest absolute Gasteiger partial charge is 0.493 e. The number of nitrogens with two attached hydrogens (primary N) is 1. The first-order valence-electron chi connectivity index (χ1n) is 6.84. The standard InChI is InChI=1S/C15H22N2O2/c1-10(15(16)18)9-19-12-7-6-11-4-3-5-14(17-2)13(11)8-12/h6-8,10,14,17H,3-5,9H2,1-2H3,(H2,16,18). The lowest BCUT2D eigenvalue weighted by Crippen LogP contribution is -2.26. The van der Waals surface area contributed by atoms with E-state index in [-0.39, 0.29) is 11.8 Å². The highest BCUT2D eigenvalue weighted by Crippen LogP contribution is 2.32. The smallest absolute Gasteiger partial charge is 0.223 e. The molecule has 0 saturated carbocycles. The molecule has 3 N–H and O–H groups in total. The number of fused-ring (bicyclic) bond motifs is 1. The zero-order valence-electron chi connectivity index (χ0n) is 11.6. The molecule has 0 aromatic heterocycles. The van der Waals surface area contributed by atoms with Crippen molar-refractivity contribution in [1.82, 2.24) is 5.32 Å². The summed E-state index contributed by atoms with van der Waals surface area (Å²) in [5.41, 5.74) is 7.93. The number of rotatable bonds is 5. The van der Waals surface area contributed by atoms with E-state index in [1.165, 1.54) is 17.5 Å². The minimum atomic E-state index is -0.328. The highest BCUT2D eigenvalue weighted by molar-refractivity contribution is 5.76. The SMILES string of the molecule is CNC1CCCc2ccc(OCC(C)C(N)=O)cc21. The Balaban J connectivity index is 2.09. The second-order valence-electron chi connectivity index (χ2n) is 5.21. The fourth-order valence-electron chi connectivity index (χ4n) is 2.47. The second kappa shape index (κ2) is 6.06. The van der Waals surface area contributed by atoms with Crippen molar-refractivity contribution in [3.05, 3.63) is 29.3 Å². The number of ether oxygens (including phenoxy) is 1. The van der Waals surface area contributed by atoms with Crippen molar-refractivity contribution in [1.29, 1.82) is 0 Å². The Morgan fingerprint density at radius 2 is 2.37 bits per heavy atom. The van der Waals surface area contributed by atoms with Gasteiger partial charge in [-0.3, -0.25) is 4.79 Å². The molecule has 4 heteroatoms. The Bertz CT molecular complexity index is 459. The quantitative estimate of drug-likeness (QED) is 0.850. The molecule has 4 nitrogen and oxygen atoms in total. The number of hydrogen-bond donors (Lipinski definition) is 2. The summed E-state index contributed by atoms with van der Waals surface area (Å²) in [4.78, 5) is 11.0. The molecule has 0 spiro atoms. The van der Waals surface area contributed by atoms with E-state index >= 15 is 0 Å². The summed E-state index contributed by atoms with van der Waals surface area (Å²) in [6.45, 7) is 2.11. The first-order valence-corrected chi connectivity index (χ1v) is 6.84. The van der Waals surface area contributed by atoms with Gasteiger partial charge in [0.1, 0.15) is 5.75 Å². The van der Waals surface area contributed by atoms with E-state index in [0.717, 1.165) is 18.6 Å². The Kier molecular flexibility index (Phi) is 4.43. The molecule has 2 unspecified atom stereocenters. The predicted octanol–water partition coefficient (Wildman–Crippen LogP) is 1.78. The zero-order valence-corrected chi connectivity index (χ0v) is 11.6. The normalized spacial score (nSPS) is 19.6. The van der Waals surface area contributed by atoms with Gasteiger partial charge in [0, 0.05) is 6.04 Å². The maximum absolute atomic E-state index is 11.0. The average Bonchev–Trinajstić information content (AvgIpc) is 2.43. The van der Waals surface area contributed by atoms with Crippen LogP contribution in [0.5, 0.6) is 5.75 Å². The van der Waals surface area contributed by atoms with Gasteiger partial charge < -0.3 is 15.8 Å². The molecule has 2 rings (SSSR count). The highest BCUT2D eigenvalue weighted by Gasteiger charge is 2.19. The molecule has 1 aromatic carbocycles. The van der Waals surface area contributed by atoms with E-state index in [1.807, 2.05) is 13.1 Å². The molecule has 0 heterocycles. The Morgan fingerprint density at radius 1 is 1.58 bits per heavy atom. The van der Waals surface area contributed by atoms with E-state index in [0.29, 0.717) is 12.6 Å². The van der Waals surface area contributed by atoms with Gasteiger partial charge in [-0.15, -0.1) is 0 Å². The van der Waals surface area contributed by atoms with Crippen LogP contribution in [-0.4, -0.2) is 19.6 Å². The Labute approximate surface area is 114 Å². The Morgan fingerprint density at radius 3 is 3.05 bits per heavy atom. The molecule has 1 amide bonds. The molecule has 104 valence electrons. The van der Waals surface area contributed by atoms with Gasteiger partial charge in [0.05, 0.1) is 12.5 Å². The molecule has 1 aliphatic rings. The van der Waals surface area contributed by atoms with E-state index < -0.39 is 0 Å². The van der Waals surface area contributed by atoms with Crippen LogP contribution in [0.4, 0.5) is 0 Å². The van der Waals surface area contributed by atoms with Crippen LogP contribution < -0.4 is 15.8 Å². The third-order valence-electron chi connectivity index (χ3n) is 3.77. The molecule has 0 aliphatic heterocycles. The number of benzene rings is 1. The lowest BCUT2D eigenvalue weighted by atomic mass is 9.87. The van der Waals surface area contributed by atoms with Crippen molar-refractivity contribution in [2.45, 2.75) is 32.2 Å². The van der Waals surface area contributed by atoms with Crippen LogP contribution in [0.3, 0.4) is 0 Å². The minimum Gasteiger partial charge on any atom is -0.493 e. The van der Waals surface area contributed by atoms with Crippen LogP contribution in [0, 0.1) is 5.92 Å². The maximum Gasteiger partial charge on any atom is 0.223 e. The lowest BCUT2D eigenvalue weighted by Gasteiger charge is -2.25. The van der Waals surface area contributed by atoms with Crippen LogP contribution in [0.25, 0.3) is 0 Å². The first-order chi connectivity index (χ1) is 9.11. The summed E-state index contributed by atoms with van der Waals surface area (Å²) >= 11 is 0. The summed E-state index contributed by atoms with van der Waals surface area (Å²) in [7, 11) is 1.99. The highest BCUT2D eigenvalue weighted by atomic mass is 16.5. The number of amides is 1. The Hall–Kier alpha value is -1.55. The molecule has 0 bridgehead atoms. The number of primary amides is 1. The number of carbonyl (C=O) groups is 1. The van der Waals surface area contributed by atoms with E-state index in [4.69, 9.17) is 10.5 Å². The molecule has 1 aromatic rings. The summed E-state index contributed by atoms with van der Waals surface area (Å²) in [6.07, 6.45) is 3.51. The molecule has 0 saturated heterocycles. The van der Waals surface area contributed by atoms with Crippen molar-refractivity contribution in [2.75, 3.05) is 13.7 Å². The zero-order chi connectivity index (χ0) is 13.8. The van der Waals surface area contributed by atoms with Crippen molar-refractivity contribution in [3.63, 3.8) is 0 Å². The van der Waals surface area contributed by atoms with Gasteiger partial charge in [-0.25, -0.2) is 0 Å². The van der Waals surface area contributed by atoms with Crippen LogP contribution in [0.15, 0.2) is 18.2 Å².